The first-order valence-corrected chi connectivity index (χ1v) is 6.42. The van der Waals surface area contributed by atoms with Crippen molar-refractivity contribution in [2.75, 3.05) is 5.73 Å². The fourth-order valence-corrected chi connectivity index (χ4v) is 1.92. The number of benzene rings is 2. The Morgan fingerprint density at radius 1 is 1.24 bits per heavy atom. The maximum atomic E-state index is 12.0. The number of carbonyl (C=O) groups excluding carboxylic acids is 1. The molecule has 0 bridgehead atoms. The number of para-hydroxylation sites is 1. The third-order valence-electron chi connectivity index (χ3n) is 2.89. The molecule has 2 rings (SSSR count). The topological polar surface area (TPSA) is 98.3 Å². The second-order valence-electron chi connectivity index (χ2n) is 4.30. The number of nitrogens with two attached hydrogens (primary N) is 1. The van der Waals surface area contributed by atoms with Gasteiger partial charge in [-0.1, -0.05) is 29.8 Å². The van der Waals surface area contributed by atoms with Gasteiger partial charge < -0.3 is 11.1 Å². The number of amides is 1. The second kappa shape index (κ2) is 6.23. The molecule has 0 aromatic heterocycles. The van der Waals surface area contributed by atoms with Crippen LogP contribution in [0.4, 0.5) is 11.4 Å². The Bertz CT molecular complexity index is 686. The SMILES string of the molecule is Nc1c(C(=O)NCc2ccc(Cl)cc2)cccc1[N+](=O)[O-]. The van der Waals surface area contributed by atoms with Crippen molar-refractivity contribution >= 4 is 28.9 Å². The predicted octanol–water partition coefficient (Wildman–Crippen LogP) is 2.76. The van der Waals surface area contributed by atoms with Crippen LogP contribution >= 0.6 is 11.6 Å². The van der Waals surface area contributed by atoms with E-state index in [1.807, 2.05) is 0 Å². The van der Waals surface area contributed by atoms with E-state index >= 15 is 0 Å². The zero-order valence-corrected chi connectivity index (χ0v) is 11.6. The van der Waals surface area contributed by atoms with Crippen LogP contribution in [0.3, 0.4) is 0 Å². The molecule has 0 radical (unpaired) electrons. The summed E-state index contributed by atoms with van der Waals surface area (Å²) in [6, 6.07) is 11.1. The highest BCUT2D eigenvalue weighted by molar-refractivity contribution is 6.30. The van der Waals surface area contributed by atoms with Gasteiger partial charge in [0.15, 0.2) is 0 Å². The van der Waals surface area contributed by atoms with Gasteiger partial charge >= 0.3 is 0 Å². The lowest BCUT2D eigenvalue weighted by atomic mass is 10.1. The minimum absolute atomic E-state index is 0.0816. The lowest BCUT2D eigenvalue weighted by Crippen LogP contribution is -2.24. The van der Waals surface area contributed by atoms with Crippen LogP contribution in [-0.4, -0.2) is 10.8 Å². The van der Waals surface area contributed by atoms with E-state index in [0.29, 0.717) is 5.02 Å². The van der Waals surface area contributed by atoms with Gasteiger partial charge in [0, 0.05) is 17.6 Å². The molecule has 0 aliphatic carbocycles. The molecule has 0 aliphatic heterocycles. The second-order valence-corrected chi connectivity index (χ2v) is 4.74. The van der Waals surface area contributed by atoms with Gasteiger partial charge in [-0.2, -0.15) is 0 Å². The third-order valence-corrected chi connectivity index (χ3v) is 3.14. The first-order chi connectivity index (χ1) is 9.99. The molecule has 6 nitrogen and oxygen atoms in total. The van der Waals surface area contributed by atoms with E-state index < -0.39 is 10.8 Å². The highest BCUT2D eigenvalue weighted by atomic mass is 35.5. The van der Waals surface area contributed by atoms with Crippen LogP contribution in [0.25, 0.3) is 0 Å². The average Bonchev–Trinajstić information content (AvgIpc) is 2.46. The Balaban J connectivity index is 2.12. The van der Waals surface area contributed by atoms with Crippen molar-refractivity contribution in [1.29, 1.82) is 0 Å². The average molecular weight is 306 g/mol. The van der Waals surface area contributed by atoms with Gasteiger partial charge in [-0.15, -0.1) is 0 Å². The van der Waals surface area contributed by atoms with Gasteiger partial charge in [0.25, 0.3) is 11.6 Å². The fraction of sp³-hybridized carbons (Fsp3) is 0.0714. The van der Waals surface area contributed by atoms with Gasteiger partial charge in [-0.25, -0.2) is 0 Å². The molecule has 0 saturated heterocycles. The lowest BCUT2D eigenvalue weighted by molar-refractivity contribution is -0.383. The fourth-order valence-electron chi connectivity index (χ4n) is 1.79. The van der Waals surface area contributed by atoms with Crippen LogP contribution in [0.5, 0.6) is 0 Å². The molecule has 21 heavy (non-hydrogen) atoms. The quantitative estimate of drug-likeness (QED) is 0.515. The van der Waals surface area contributed by atoms with Crippen LogP contribution in [0.15, 0.2) is 42.5 Å². The minimum atomic E-state index is -0.620. The van der Waals surface area contributed by atoms with E-state index in [4.69, 9.17) is 17.3 Å². The summed E-state index contributed by atoms with van der Waals surface area (Å²) in [6.45, 7) is 0.276. The standard InChI is InChI=1S/C14H12ClN3O3/c15-10-6-4-9(5-7-10)8-17-14(19)11-2-1-3-12(13(11)16)18(20)21/h1-7H,8,16H2,(H,17,19). The molecule has 7 heteroatoms. The number of nitro groups is 1. The number of nitrogens with zero attached hydrogens (tertiary/aromatic N) is 1. The van der Waals surface area contributed by atoms with E-state index in [9.17, 15) is 14.9 Å². The summed E-state index contributed by atoms with van der Waals surface area (Å²) >= 11 is 5.77. The Labute approximate surface area is 125 Å². The Hall–Kier alpha value is -2.60. The molecule has 108 valence electrons. The number of halogens is 1. The highest BCUT2D eigenvalue weighted by Crippen LogP contribution is 2.24. The summed E-state index contributed by atoms with van der Waals surface area (Å²) < 4.78 is 0. The van der Waals surface area contributed by atoms with Crippen molar-refractivity contribution in [3.63, 3.8) is 0 Å². The number of nitrogens with one attached hydrogen (secondary N) is 1. The molecular weight excluding hydrogens is 294 g/mol. The van der Waals surface area contributed by atoms with Crippen molar-refractivity contribution in [2.45, 2.75) is 6.54 Å². The molecule has 2 aromatic carbocycles. The maximum Gasteiger partial charge on any atom is 0.292 e. The molecule has 0 saturated carbocycles. The largest absolute Gasteiger partial charge is 0.393 e. The van der Waals surface area contributed by atoms with Crippen LogP contribution in [0.1, 0.15) is 15.9 Å². The van der Waals surface area contributed by atoms with Crippen molar-refractivity contribution in [3.05, 3.63) is 68.7 Å². The predicted molar refractivity (Wildman–Crippen MR) is 80.1 cm³/mol. The van der Waals surface area contributed by atoms with Crippen LogP contribution in [0, 0.1) is 10.1 Å². The number of nitro benzene ring substituents is 1. The molecule has 0 spiro atoms. The van der Waals surface area contributed by atoms with Gasteiger partial charge in [-0.05, 0) is 23.8 Å². The number of hydrogen-bond acceptors (Lipinski definition) is 4. The Morgan fingerprint density at radius 3 is 2.52 bits per heavy atom. The van der Waals surface area contributed by atoms with E-state index in [-0.39, 0.29) is 23.5 Å². The first kappa shape index (κ1) is 14.8. The molecular formula is C14H12ClN3O3. The summed E-state index contributed by atoms with van der Waals surface area (Å²) in [5, 5.41) is 14.1. The zero-order valence-electron chi connectivity index (χ0n) is 10.9. The van der Waals surface area contributed by atoms with Gasteiger partial charge in [0.05, 0.1) is 10.5 Å². The monoisotopic (exact) mass is 305 g/mol. The lowest BCUT2D eigenvalue weighted by Gasteiger charge is -2.08. The van der Waals surface area contributed by atoms with E-state index in [1.54, 1.807) is 24.3 Å². The molecule has 3 N–H and O–H groups in total. The van der Waals surface area contributed by atoms with E-state index in [2.05, 4.69) is 5.32 Å². The summed E-state index contributed by atoms with van der Waals surface area (Å²) in [7, 11) is 0. The summed E-state index contributed by atoms with van der Waals surface area (Å²) in [4.78, 5) is 22.2. The van der Waals surface area contributed by atoms with Gasteiger partial charge in [-0.3, -0.25) is 14.9 Å². The Morgan fingerprint density at radius 2 is 1.90 bits per heavy atom. The Kier molecular flexibility index (Phi) is 4.39. The number of anilines is 1. The summed E-state index contributed by atoms with van der Waals surface area (Å²) in [5.74, 6) is -0.467. The summed E-state index contributed by atoms with van der Waals surface area (Å²) in [5.41, 5.74) is 6.17. The van der Waals surface area contributed by atoms with Gasteiger partial charge in [0.1, 0.15) is 5.69 Å². The summed E-state index contributed by atoms with van der Waals surface area (Å²) in [6.07, 6.45) is 0. The van der Waals surface area contributed by atoms with Crippen molar-refractivity contribution in [3.8, 4) is 0 Å². The third kappa shape index (κ3) is 3.49. The molecule has 2 aromatic rings. The molecule has 0 atom stereocenters. The number of nitrogen functional groups attached to an aromatic ring is 1. The first-order valence-electron chi connectivity index (χ1n) is 6.04. The van der Waals surface area contributed by atoms with Crippen molar-refractivity contribution < 1.29 is 9.72 Å². The van der Waals surface area contributed by atoms with Crippen molar-refractivity contribution in [1.82, 2.24) is 5.32 Å². The molecule has 0 aliphatic rings. The van der Waals surface area contributed by atoms with Crippen LogP contribution < -0.4 is 11.1 Å². The van der Waals surface area contributed by atoms with E-state index in [0.717, 1.165) is 5.56 Å². The van der Waals surface area contributed by atoms with Crippen molar-refractivity contribution in [2.24, 2.45) is 0 Å². The molecule has 0 heterocycles. The maximum absolute atomic E-state index is 12.0. The van der Waals surface area contributed by atoms with Crippen LogP contribution in [-0.2, 0) is 6.54 Å². The number of carbonyl (C=O) groups is 1. The molecule has 0 fully saturated rings. The molecule has 1 amide bonds. The van der Waals surface area contributed by atoms with E-state index in [1.165, 1.54) is 18.2 Å². The highest BCUT2D eigenvalue weighted by Gasteiger charge is 2.18. The smallest absolute Gasteiger partial charge is 0.292 e. The van der Waals surface area contributed by atoms with Crippen LogP contribution in [0.2, 0.25) is 5.02 Å². The number of rotatable bonds is 4. The normalized spacial score (nSPS) is 10.1. The van der Waals surface area contributed by atoms with Gasteiger partial charge in [0.2, 0.25) is 0 Å². The molecule has 0 unspecified atom stereocenters. The minimum Gasteiger partial charge on any atom is -0.393 e. The zero-order chi connectivity index (χ0) is 15.4. The number of hydrogen-bond donors (Lipinski definition) is 2.